The van der Waals surface area contributed by atoms with Gasteiger partial charge < -0.3 is 10.6 Å². The van der Waals surface area contributed by atoms with Crippen LogP contribution in [0.5, 0.6) is 0 Å². The Bertz CT molecular complexity index is 684. The van der Waals surface area contributed by atoms with Crippen molar-refractivity contribution in [3.8, 4) is 6.07 Å². The van der Waals surface area contributed by atoms with E-state index in [4.69, 9.17) is 5.26 Å². The molecule has 2 aromatic rings. The van der Waals surface area contributed by atoms with Gasteiger partial charge in [-0.05, 0) is 24.1 Å². The number of rotatable bonds is 4. The van der Waals surface area contributed by atoms with Gasteiger partial charge in [-0.1, -0.05) is 11.3 Å². The maximum atomic E-state index is 8.86. The minimum absolute atomic E-state index is 0.595. The summed E-state index contributed by atoms with van der Waals surface area (Å²) >= 11 is 1.34. The first-order valence-corrected chi connectivity index (χ1v) is 8.08. The second kappa shape index (κ2) is 6.83. The molecule has 1 saturated heterocycles. The van der Waals surface area contributed by atoms with Gasteiger partial charge >= 0.3 is 0 Å². The molecule has 0 spiro atoms. The summed E-state index contributed by atoms with van der Waals surface area (Å²) in [6, 6.07) is 4.17. The number of hydrogen-bond acceptors (Lipinski definition) is 7. The van der Waals surface area contributed by atoms with Crippen LogP contribution >= 0.6 is 11.3 Å². The van der Waals surface area contributed by atoms with Crippen molar-refractivity contribution in [1.82, 2.24) is 20.2 Å². The zero-order valence-corrected chi connectivity index (χ0v) is 13.3. The van der Waals surface area contributed by atoms with Crippen molar-refractivity contribution in [2.45, 2.75) is 13.5 Å². The van der Waals surface area contributed by atoms with Gasteiger partial charge in [0.05, 0.1) is 6.20 Å². The van der Waals surface area contributed by atoms with Crippen molar-refractivity contribution in [3.63, 3.8) is 0 Å². The molecule has 0 atom stereocenters. The Balaban J connectivity index is 1.74. The van der Waals surface area contributed by atoms with Crippen LogP contribution in [0, 0.1) is 18.3 Å². The topological polar surface area (TPSA) is 76.9 Å². The lowest BCUT2D eigenvalue weighted by Gasteiger charge is -2.27. The highest BCUT2D eigenvalue weighted by Crippen LogP contribution is 2.24. The van der Waals surface area contributed by atoms with Crippen molar-refractivity contribution in [1.29, 1.82) is 5.26 Å². The third kappa shape index (κ3) is 3.42. The van der Waals surface area contributed by atoms with E-state index in [9.17, 15) is 0 Å². The summed E-state index contributed by atoms with van der Waals surface area (Å²) in [7, 11) is 0. The molecule has 114 valence electrons. The Morgan fingerprint density at radius 1 is 1.41 bits per heavy atom. The van der Waals surface area contributed by atoms with Gasteiger partial charge in [0, 0.05) is 38.9 Å². The molecule has 1 aliphatic heterocycles. The Morgan fingerprint density at radius 2 is 2.23 bits per heavy atom. The number of pyridine rings is 1. The fraction of sp³-hybridized carbons (Fsp3) is 0.400. The SMILES string of the molecule is Cc1c(CN2CCNCC2)ccnc1Nc1ncc(C#N)s1. The number of nitrogens with zero attached hydrogens (tertiary/aromatic N) is 4. The van der Waals surface area contributed by atoms with E-state index in [1.807, 2.05) is 6.20 Å². The van der Waals surface area contributed by atoms with Gasteiger partial charge in [-0.3, -0.25) is 4.90 Å². The van der Waals surface area contributed by atoms with E-state index in [-0.39, 0.29) is 0 Å². The van der Waals surface area contributed by atoms with E-state index in [1.54, 1.807) is 6.20 Å². The first-order chi connectivity index (χ1) is 10.8. The first kappa shape index (κ1) is 14.9. The van der Waals surface area contributed by atoms with Crippen LogP contribution in [-0.2, 0) is 6.54 Å². The monoisotopic (exact) mass is 314 g/mol. The summed E-state index contributed by atoms with van der Waals surface area (Å²) in [5.74, 6) is 0.812. The molecular formula is C15H18N6S. The molecule has 0 bridgehead atoms. The lowest BCUT2D eigenvalue weighted by atomic mass is 10.1. The number of hydrogen-bond donors (Lipinski definition) is 2. The van der Waals surface area contributed by atoms with Crippen molar-refractivity contribution >= 4 is 22.3 Å². The number of thiazole rings is 1. The van der Waals surface area contributed by atoms with E-state index in [2.05, 4.69) is 44.6 Å². The average Bonchev–Trinajstić information content (AvgIpc) is 3.00. The van der Waals surface area contributed by atoms with Crippen LogP contribution in [0.2, 0.25) is 0 Å². The maximum Gasteiger partial charge on any atom is 0.189 e. The molecule has 3 heterocycles. The summed E-state index contributed by atoms with van der Waals surface area (Å²) in [5, 5.41) is 16.2. The van der Waals surface area contributed by atoms with Crippen LogP contribution in [-0.4, -0.2) is 41.0 Å². The number of nitrogens with one attached hydrogen (secondary N) is 2. The average molecular weight is 314 g/mol. The first-order valence-electron chi connectivity index (χ1n) is 7.27. The van der Waals surface area contributed by atoms with Crippen LogP contribution in [0.4, 0.5) is 10.9 Å². The van der Waals surface area contributed by atoms with Gasteiger partial charge in [0.15, 0.2) is 5.13 Å². The molecule has 6 nitrogen and oxygen atoms in total. The van der Waals surface area contributed by atoms with Crippen LogP contribution in [0.3, 0.4) is 0 Å². The number of anilines is 2. The zero-order valence-electron chi connectivity index (χ0n) is 12.5. The Kier molecular flexibility index (Phi) is 4.63. The summed E-state index contributed by atoms with van der Waals surface area (Å²) < 4.78 is 0. The highest BCUT2D eigenvalue weighted by Gasteiger charge is 2.13. The highest BCUT2D eigenvalue weighted by atomic mass is 32.1. The Morgan fingerprint density at radius 3 is 2.95 bits per heavy atom. The van der Waals surface area contributed by atoms with E-state index in [1.165, 1.54) is 16.9 Å². The van der Waals surface area contributed by atoms with Gasteiger partial charge in [-0.15, -0.1) is 0 Å². The number of nitriles is 1. The summed E-state index contributed by atoms with van der Waals surface area (Å²) in [6.07, 6.45) is 3.40. The van der Waals surface area contributed by atoms with Crippen LogP contribution in [0.15, 0.2) is 18.5 Å². The normalized spacial score (nSPS) is 15.5. The standard InChI is InChI=1S/C15H18N6S/c1-11-12(10-21-6-4-17-5-7-21)2-3-18-14(11)20-15-19-9-13(8-16)22-15/h2-3,9,17H,4-7,10H2,1H3,(H,18,19,20). The molecule has 22 heavy (non-hydrogen) atoms. The quantitative estimate of drug-likeness (QED) is 0.897. The van der Waals surface area contributed by atoms with E-state index >= 15 is 0 Å². The maximum absolute atomic E-state index is 8.86. The van der Waals surface area contributed by atoms with Gasteiger partial charge in [0.1, 0.15) is 16.8 Å². The zero-order chi connectivity index (χ0) is 15.4. The second-order valence-corrected chi connectivity index (χ2v) is 6.27. The second-order valence-electron chi connectivity index (χ2n) is 5.24. The molecular weight excluding hydrogens is 296 g/mol. The van der Waals surface area contributed by atoms with Crippen molar-refractivity contribution < 1.29 is 0 Å². The molecule has 1 fully saturated rings. The predicted octanol–water partition coefficient (Wildman–Crippen LogP) is 1.87. The Hall–Kier alpha value is -2.01. The number of aromatic nitrogens is 2. The highest BCUT2D eigenvalue weighted by molar-refractivity contribution is 7.16. The van der Waals surface area contributed by atoms with E-state index < -0.39 is 0 Å². The lowest BCUT2D eigenvalue weighted by molar-refractivity contribution is 0.233. The van der Waals surface area contributed by atoms with E-state index in [0.717, 1.165) is 44.1 Å². The lowest BCUT2D eigenvalue weighted by Crippen LogP contribution is -2.43. The van der Waals surface area contributed by atoms with Crippen molar-refractivity contribution in [2.75, 3.05) is 31.5 Å². The fourth-order valence-electron chi connectivity index (χ4n) is 2.47. The minimum Gasteiger partial charge on any atom is -0.316 e. The van der Waals surface area contributed by atoms with Crippen LogP contribution in [0.1, 0.15) is 16.0 Å². The minimum atomic E-state index is 0.595. The summed E-state index contributed by atoms with van der Waals surface area (Å²) in [5.41, 5.74) is 2.41. The Labute approximate surface area is 133 Å². The molecule has 0 aromatic carbocycles. The molecule has 0 amide bonds. The van der Waals surface area contributed by atoms with Gasteiger partial charge in [0.2, 0.25) is 0 Å². The predicted molar refractivity (Wildman–Crippen MR) is 87.2 cm³/mol. The summed E-state index contributed by atoms with van der Waals surface area (Å²) in [4.78, 5) is 11.6. The molecule has 1 aliphatic rings. The summed E-state index contributed by atoms with van der Waals surface area (Å²) in [6.45, 7) is 7.25. The molecule has 2 N–H and O–H groups in total. The largest absolute Gasteiger partial charge is 0.316 e. The third-order valence-corrected chi connectivity index (χ3v) is 4.58. The molecule has 0 radical (unpaired) electrons. The van der Waals surface area contributed by atoms with Crippen LogP contribution < -0.4 is 10.6 Å². The van der Waals surface area contributed by atoms with E-state index in [0.29, 0.717) is 10.0 Å². The molecule has 2 aromatic heterocycles. The van der Waals surface area contributed by atoms with Gasteiger partial charge in [-0.2, -0.15) is 5.26 Å². The van der Waals surface area contributed by atoms with Gasteiger partial charge in [-0.25, -0.2) is 9.97 Å². The third-order valence-electron chi connectivity index (χ3n) is 3.76. The van der Waals surface area contributed by atoms with Crippen molar-refractivity contribution in [3.05, 3.63) is 34.5 Å². The van der Waals surface area contributed by atoms with Crippen molar-refractivity contribution in [2.24, 2.45) is 0 Å². The smallest absolute Gasteiger partial charge is 0.189 e. The molecule has 3 rings (SSSR count). The fourth-order valence-corrected chi connectivity index (χ4v) is 3.08. The van der Waals surface area contributed by atoms with Crippen LogP contribution in [0.25, 0.3) is 0 Å². The van der Waals surface area contributed by atoms with Gasteiger partial charge in [0.25, 0.3) is 0 Å². The molecule has 0 unspecified atom stereocenters. The molecule has 0 aliphatic carbocycles. The molecule has 7 heteroatoms. The number of piperazine rings is 1. The molecule has 0 saturated carbocycles.